The molecule has 0 unspecified atom stereocenters. The molecular formula is C17H9ClF3NO2. The minimum absolute atomic E-state index is 0.00646. The highest BCUT2D eigenvalue weighted by atomic mass is 35.5. The number of para-hydroxylation sites is 1. The van der Waals surface area contributed by atoms with Crippen molar-refractivity contribution < 1.29 is 22.7 Å². The molecule has 24 heavy (non-hydrogen) atoms. The molecule has 1 aromatic heterocycles. The van der Waals surface area contributed by atoms with Crippen molar-refractivity contribution in [1.29, 1.82) is 0 Å². The van der Waals surface area contributed by atoms with E-state index in [2.05, 4.69) is 4.98 Å². The number of benzene rings is 2. The number of ether oxygens (including phenoxy) is 1. The highest BCUT2D eigenvalue weighted by Gasteiger charge is 2.30. The number of carbonyl (C=O) groups excluding carboxylic acids is 1. The minimum Gasteiger partial charge on any atom is -0.455 e. The third kappa shape index (κ3) is 3.19. The number of rotatable bonds is 3. The van der Waals surface area contributed by atoms with Crippen LogP contribution >= 0.6 is 11.6 Å². The number of aromatic nitrogens is 1. The van der Waals surface area contributed by atoms with E-state index in [4.69, 9.17) is 16.3 Å². The maximum absolute atomic E-state index is 12.8. The standard InChI is InChI=1S/C17H9ClF3NO2/c18-16(23)15-12-6-1-2-7-13(12)22-9-14(15)24-11-5-3-4-10(8-11)17(19,20)21/h1-9H. The molecule has 3 rings (SSSR count). The fraction of sp³-hybridized carbons (Fsp3) is 0.0588. The predicted octanol–water partition coefficient (Wildman–Crippen LogP) is 5.42. The van der Waals surface area contributed by atoms with Gasteiger partial charge in [0.25, 0.3) is 5.24 Å². The van der Waals surface area contributed by atoms with Gasteiger partial charge < -0.3 is 4.74 Å². The predicted molar refractivity (Wildman–Crippen MR) is 83.4 cm³/mol. The van der Waals surface area contributed by atoms with Gasteiger partial charge in [-0.2, -0.15) is 13.2 Å². The number of pyridine rings is 1. The summed E-state index contributed by atoms with van der Waals surface area (Å²) in [6.07, 6.45) is -3.23. The van der Waals surface area contributed by atoms with Crippen LogP contribution in [-0.4, -0.2) is 10.2 Å². The van der Waals surface area contributed by atoms with Gasteiger partial charge >= 0.3 is 6.18 Å². The molecule has 0 aliphatic rings. The molecule has 0 aliphatic carbocycles. The first-order valence-corrected chi connectivity index (χ1v) is 7.17. The van der Waals surface area contributed by atoms with Crippen LogP contribution in [0.5, 0.6) is 11.5 Å². The Morgan fingerprint density at radius 2 is 1.83 bits per heavy atom. The van der Waals surface area contributed by atoms with Crippen molar-refractivity contribution in [2.45, 2.75) is 6.18 Å². The molecule has 7 heteroatoms. The highest BCUT2D eigenvalue weighted by molar-refractivity contribution is 6.69. The lowest BCUT2D eigenvalue weighted by Gasteiger charge is -2.12. The van der Waals surface area contributed by atoms with Crippen LogP contribution in [0, 0.1) is 0 Å². The Bertz CT molecular complexity index is 925. The number of hydrogen-bond donors (Lipinski definition) is 0. The molecular weight excluding hydrogens is 343 g/mol. The SMILES string of the molecule is O=C(Cl)c1c(Oc2cccc(C(F)(F)F)c2)cnc2ccccc12. The molecule has 122 valence electrons. The first-order valence-electron chi connectivity index (χ1n) is 6.79. The van der Waals surface area contributed by atoms with Gasteiger partial charge in [0.1, 0.15) is 5.75 Å². The van der Waals surface area contributed by atoms with E-state index in [0.717, 1.165) is 12.1 Å². The van der Waals surface area contributed by atoms with Crippen LogP contribution in [-0.2, 0) is 6.18 Å². The van der Waals surface area contributed by atoms with Gasteiger partial charge in [-0.25, -0.2) is 0 Å². The van der Waals surface area contributed by atoms with E-state index in [1.807, 2.05) is 0 Å². The molecule has 0 bridgehead atoms. The molecule has 0 saturated heterocycles. The summed E-state index contributed by atoms with van der Waals surface area (Å²) in [5.74, 6) is -0.0749. The molecule has 2 aromatic carbocycles. The summed E-state index contributed by atoms with van der Waals surface area (Å²) in [5, 5.41) is -0.322. The van der Waals surface area contributed by atoms with Crippen molar-refractivity contribution in [3.8, 4) is 11.5 Å². The summed E-state index contributed by atoms with van der Waals surface area (Å²) < 4.78 is 43.8. The summed E-state index contributed by atoms with van der Waals surface area (Å²) in [6.45, 7) is 0. The molecule has 0 aliphatic heterocycles. The average molecular weight is 352 g/mol. The van der Waals surface area contributed by atoms with Crippen molar-refractivity contribution in [3.63, 3.8) is 0 Å². The number of hydrogen-bond acceptors (Lipinski definition) is 3. The third-order valence-corrected chi connectivity index (χ3v) is 3.52. The fourth-order valence-electron chi connectivity index (χ4n) is 2.27. The second-order valence-electron chi connectivity index (χ2n) is 4.92. The van der Waals surface area contributed by atoms with E-state index in [-0.39, 0.29) is 17.1 Å². The topological polar surface area (TPSA) is 39.2 Å². The van der Waals surface area contributed by atoms with Gasteiger partial charge in [-0.1, -0.05) is 24.3 Å². The summed E-state index contributed by atoms with van der Waals surface area (Å²) in [6, 6.07) is 11.1. The Hall–Kier alpha value is -2.60. The van der Waals surface area contributed by atoms with Gasteiger partial charge in [-0.05, 0) is 35.9 Å². The zero-order valence-electron chi connectivity index (χ0n) is 12.0. The van der Waals surface area contributed by atoms with Crippen molar-refractivity contribution in [2.75, 3.05) is 0 Å². The van der Waals surface area contributed by atoms with E-state index >= 15 is 0 Å². The monoisotopic (exact) mass is 351 g/mol. The normalized spacial score (nSPS) is 11.5. The van der Waals surface area contributed by atoms with Crippen LogP contribution in [0.15, 0.2) is 54.7 Å². The lowest BCUT2D eigenvalue weighted by atomic mass is 10.1. The summed E-state index contributed by atoms with van der Waals surface area (Å²) in [7, 11) is 0. The van der Waals surface area contributed by atoms with Crippen LogP contribution < -0.4 is 4.74 Å². The molecule has 0 spiro atoms. The molecule has 0 N–H and O–H groups in total. The van der Waals surface area contributed by atoms with Crippen molar-refractivity contribution >= 4 is 27.7 Å². The number of nitrogens with zero attached hydrogens (tertiary/aromatic N) is 1. The van der Waals surface area contributed by atoms with E-state index in [1.54, 1.807) is 24.3 Å². The highest BCUT2D eigenvalue weighted by Crippen LogP contribution is 2.35. The van der Waals surface area contributed by atoms with Crippen LogP contribution in [0.4, 0.5) is 13.2 Å². The summed E-state index contributed by atoms with van der Waals surface area (Å²) in [5.41, 5.74) is -0.273. The van der Waals surface area contributed by atoms with Crippen LogP contribution in [0.25, 0.3) is 10.9 Å². The number of carbonyl (C=O) groups is 1. The Morgan fingerprint density at radius 3 is 2.54 bits per heavy atom. The van der Waals surface area contributed by atoms with Gasteiger partial charge in [-0.15, -0.1) is 0 Å². The van der Waals surface area contributed by atoms with Crippen molar-refractivity contribution in [3.05, 3.63) is 65.9 Å². The van der Waals surface area contributed by atoms with E-state index < -0.39 is 17.0 Å². The lowest BCUT2D eigenvalue weighted by Crippen LogP contribution is -2.05. The Kier molecular flexibility index (Phi) is 4.15. The molecule has 0 amide bonds. The number of alkyl halides is 3. The minimum atomic E-state index is -4.49. The van der Waals surface area contributed by atoms with E-state index in [0.29, 0.717) is 10.9 Å². The van der Waals surface area contributed by atoms with E-state index in [9.17, 15) is 18.0 Å². The first-order chi connectivity index (χ1) is 11.4. The Morgan fingerprint density at radius 1 is 1.08 bits per heavy atom. The maximum atomic E-state index is 12.8. The maximum Gasteiger partial charge on any atom is 0.416 e. The quantitative estimate of drug-likeness (QED) is 0.591. The molecule has 1 heterocycles. The molecule has 0 fully saturated rings. The summed E-state index contributed by atoms with van der Waals surface area (Å²) >= 11 is 5.63. The molecule has 3 nitrogen and oxygen atoms in total. The molecule has 3 aromatic rings. The van der Waals surface area contributed by atoms with Crippen LogP contribution in [0.1, 0.15) is 15.9 Å². The zero-order valence-corrected chi connectivity index (χ0v) is 12.7. The molecule has 0 radical (unpaired) electrons. The van der Waals surface area contributed by atoms with Crippen LogP contribution in [0.3, 0.4) is 0 Å². The second kappa shape index (κ2) is 6.13. The van der Waals surface area contributed by atoms with Gasteiger partial charge in [-0.3, -0.25) is 9.78 Å². The second-order valence-corrected chi connectivity index (χ2v) is 5.26. The number of fused-ring (bicyclic) bond motifs is 1. The van der Waals surface area contributed by atoms with Gasteiger partial charge in [0, 0.05) is 5.39 Å². The van der Waals surface area contributed by atoms with Crippen LogP contribution in [0.2, 0.25) is 0 Å². The van der Waals surface area contributed by atoms with Crippen molar-refractivity contribution in [2.24, 2.45) is 0 Å². The van der Waals surface area contributed by atoms with Gasteiger partial charge in [0.2, 0.25) is 0 Å². The zero-order chi connectivity index (χ0) is 17.3. The first kappa shape index (κ1) is 16.3. The number of halogens is 4. The Labute approximate surface area is 139 Å². The lowest BCUT2D eigenvalue weighted by molar-refractivity contribution is -0.137. The van der Waals surface area contributed by atoms with Gasteiger partial charge in [0.15, 0.2) is 5.75 Å². The summed E-state index contributed by atoms with van der Waals surface area (Å²) in [4.78, 5) is 15.9. The largest absolute Gasteiger partial charge is 0.455 e. The smallest absolute Gasteiger partial charge is 0.416 e. The third-order valence-electron chi connectivity index (χ3n) is 3.33. The fourth-order valence-corrected chi connectivity index (χ4v) is 2.46. The van der Waals surface area contributed by atoms with Gasteiger partial charge in [0.05, 0.1) is 22.8 Å². The molecule has 0 atom stereocenters. The van der Waals surface area contributed by atoms with Crippen molar-refractivity contribution in [1.82, 2.24) is 4.98 Å². The Balaban J connectivity index is 2.08. The average Bonchev–Trinajstić information content (AvgIpc) is 2.53. The van der Waals surface area contributed by atoms with E-state index in [1.165, 1.54) is 18.3 Å². The molecule has 0 saturated carbocycles.